The summed E-state index contributed by atoms with van der Waals surface area (Å²) >= 11 is 0. The van der Waals surface area contributed by atoms with Crippen LogP contribution in [0.5, 0.6) is 0 Å². The van der Waals surface area contributed by atoms with Gasteiger partial charge in [0.15, 0.2) is 0 Å². The Balaban J connectivity index is 2.10. The van der Waals surface area contributed by atoms with Gasteiger partial charge in [-0.2, -0.15) is 0 Å². The van der Waals surface area contributed by atoms with E-state index in [-0.39, 0.29) is 17.4 Å². The van der Waals surface area contributed by atoms with Gasteiger partial charge in [0.05, 0.1) is 0 Å². The van der Waals surface area contributed by atoms with Crippen LogP contribution in [0.25, 0.3) is 0 Å². The molecule has 1 aliphatic heterocycles. The quantitative estimate of drug-likeness (QED) is 0.856. The van der Waals surface area contributed by atoms with E-state index in [1.54, 1.807) is 9.80 Å². The molecule has 1 saturated heterocycles. The smallest absolute Gasteiger partial charge is 0.247 e. The van der Waals surface area contributed by atoms with Crippen molar-refractivity contribution >= 4 is 11.8 Å². The van der Waals surface area contributed by atoms with Gasteiger partial charge >= 0.3 is 0 Å². The van der Waals surface area contributed by atoms with Crippen molar-refractivity contribution in [1.82, 2.24) is 15.1 Å². The largest absolute Gasteiger partial charge is 0.342 e. The number of hydrogen-bond donors (Lipinski definition) is 1. The second-order valence-corrected chi connectivity index (χ2v) is 7.10. The summed E-state index contributed by atoms with van der Waals surface area (Å²) in [6, 6.07) is 0. The zero-order chi connectivity index (χ0) is 15.7. The second kappa shape index (κ2) is 5.95. The normalized spacial score (nSPS) is 25.0. The number of carbonyl (C=O) groups excluding carboxylic acids is 2. The minimum atomic E-state index is -0.728. The van der Waals surface area contributed by atoms with Gasteiger partial charge in [0.1, 0.15) is 5.54 Å². The molecule has 1 heterocycles. The number of hydrogen-bond acceptors (Lipinski definition) is 3. The first kappa shape index (κ1) is 16.3. The first-order chi connectivity index (χ1) is 9.82. The molecular weight excluding hydrogens is 266 g/mol. The zero-order valence-corrected chi connectivity index (χ0v) is 13.9. The molecule has 5 nitrogen and oxygen atoms in total. The number of likely N-dealkylation sites (N-methyl/N-ethyl adjacent to an activating group) is 1. The summed E-state index contributed by atoms with van der Waals surface area (Å²) in [5, 5.41) is 3.39. The topological polar surface area (TPSA) is 52.7 Å². The van der Waals surface area contributed by atoms with E-state index < -0.39 is 5.54 Å². The second-order valence-electron chi connectivity index (χ2n) is 7.10. The molecule has 5 heteroatoms. The Bertz CT molecular complexity index is 414. The Morgan fingerprint density at radius 2 is 1.81 bits per heavy atom. The molecule has 0 aromatic carbocycles. The predicted octanol–water partition coefficient (Wildman–Crippen LogP) is 1.38. The van der Waals surface area contributed by atoms with Gasteiger partial charge in [0, 0.05) is 32.1 Å². The Kier molecular flexibility index (Phi) is 4.61. The number of rotatable bonds is 3. The molecule has 2 aliphatic rings. The van der Waals surface area contributed by atoms with Gasteiger partial charge in [0.25, 0.3) is 0 Å². The third kappa shape index (κ3) is 3.07. The lowest BCUT2D eigenvalue weighted by atomic mass is 9.78. The molecule has 0 unspecified atom stereocenters. The minimum Gasteiger partial charge on any atom is -0.342 e. The Hall–Kier alpha value is -1.10. The summed E-state index contributed by atoms with van der Waals surface area (Å²) in [4.78, 5) is 28.6. The molecule has 2 amide bonds. The van der Waals surface area contributed by atoms with E-state index in [1.807, 2.05) is 27.9 Å². The van der Waals surface area contributed by atoms with Gasteiger partial charge in [-0.1, -0.05) is 19.3 Å². The van der Waals surface area contributed by atoms with Crippen molar-refractivity contribution in [2.75, 3.05) is 27.2 Å². The first-order valence-electron chi connectivity index (χ1n) is 8.07. The molecule has 1 aliphatic carbocycles. The lowest BCUT2D eigenvalue weighted by Gasteiger charge is -2.46. The van der Waals surface area contributed by atoms with Crippen molar-refractivity contribution < 1.29 is 9.59 Å². The minimum absolute atomic E-state index is 0.0317. The molecule has 21 heavy (non-hydrogen) atoms. The number of nitrogens with one attached hydrogen (secondary N) is 1. The van der Waals surface area contributed by atoms with Crippen LogP contribution in [0.4, 0.5) is 0 Å². The third-order valence-electron chi connectivity index (χ3n) is 5.34. The highest BCUT2D eigenvalue weighted by molar-refractivity contribution is 5.92. The number of nitrogens with zero attached hydrogens (tertiary/aromatic N) is 2. The van der Waals surface area contributed by atoms with Crippen LogP contribution in [-0.4, -0.2) is 59.9 Å². The molecule has 0 aromatic heterocycles. The summed E-state index contributed by atoms with van der Waals surface area (Å²) in [6.07, 6.45) is 6.23. The van der Waals surface area contributed by atoms with Crippen LogP contribution in [-0.2, 0) is 9.59 Å². The van der Waals surface area contributed by atoms with Gasteiger partial charge in [0.2, 0.25) is 11.8 Å². The van der Waals surface area contributed by atoms with Gasteiger partial charge in [-0.15, -0.1) is 0 Å². The summed E-state index contributed by atoms with van der Waals surface area (Å²) in [7, 11) is 3.76. The number of amides is 2. The van der Waals surface area contributed by atoms with Crippen LogP contribution in [0.3, 0.4) is 0 Å². The molecule has 0 aromatic rings. The molecular formula is C16H29N3O2. The van der Waals surface area contributed by atoms with Crippen LogP contribution in [0, 0.1) is 0 Å². The lowest BCUT2D eigenvalue weighted by Crippen LogP contribution is -2.64. The molecule has 1 N–H and O–H groups in total. The summed E-state index contributed by atoms with van der Waals surface area (Å²) < 4.78 is 0. The molecule has 120 valence electrons. The zero-order valence-electron chi connectivity index (χ0n) is 13.9. The maximum atomic E-state index is 12.8. The first-order valence-corrected chi connectivity index (χ1v) is 8.07. The van der Waals surface area contributed by atoms with Gasteiger partial charge in [-0.25, -0.2) is 0 Å². The summed E-state index contributed by atoms with van der Waals surface area (Å²) in [5.74, 6) is 0.141. The molecule has 0 radical (unpaired) electrons. The fourth-order valence-electron chi connectivity index (χ4n) is 3.78. The summed E-state index contributed by atoms with van der Waals surface area (Å²) in [5.41, 5.74) is -0.800. The van der Waals surface area contributed by atoms with Crippen molar-refractivity contribution in [3.05, 3.63) is 0 Å². The van der Waals surface area contributed by atoms with E-state index in [1.165, 1.54) is 19.3 Å². The van der Waals surface area contributed by atoms with Crippen molar-refractivity contribution in [1.29, 1.82) is 0 Å². The maximum absolute atomic E-state index is 12.8. The average Bonchev–Trinajstić information content (AvgIpc) is 2.45. The Morgan fingerprint density at radius 3 is 2.38 bits per heavy atom. The van der Waals surface area contributed by atoms with E-state index in [0.717, 1.165) is 12.8 Å². The molecule has 0 bridgehead atoms. The third-order valence-corrected chi connectivity index (χ3v) is 5.34. The standard InChI is InChI=1S/C16H29N3O2/c1-15(2)14(21)18(4)10-11-19(15)13(20)12-16(17-3)8-6-5-7-9-16/h17H,5-12H2,1-4H3. The molecule has 1 saturated carbocycles. The van der Waals surface area contributed by atoms with E-state index in [9.17, 15) is 9.59 Å². The number of carbonyl (C=O) groups is 2. The van der Waals surface area contributed by atoms with Crippen LogP contribution in [0.1, 0.15) is 52.4 Å². The fourth-order valence-corrected chi connectivity index (χ4v) is 3.78. The van der Waals surface area contributed by atoms with E-state index in [2.05, 4.69) is 5.32 Å². The van der Waals surface area contributed by atoms with Gasteiger partial charge in [-0.05, 0) is 33.7 Å². The summed E-state index contributed by atoms with van der Waals surface area (Å²) in [6.45, 7) is 4.97. The molecule has 0 atom stereocenters. The van der Waals surface area contributed by atoms with Gasteiger partial charge in [-0.3, -0.25) is 9.59 Å². The monoisotopic (exact) mass is 295 g/mol. The van der Waals surface area contributed by atoms with Crippen LogP contribution in [0.15, 0.2) is 0 Å². The fraction of sp³-hybridized carbons (Fsp3) is 0.875. The van der Waals surface area contributed by atoms with Crippen LogP contribution < -0.4 is 5.32 Å². The van der Waals surface area contributed by atoms with Crippen molar-refractivity contribution in [3.63, 3.8) is 0 Å². The molecule has 2 fully saturated rings. The van der Waals surface area contributed by atoms with Crippen molar-refractivity contribution in [2.24, 2.45) is 0 Å². The van der Waals surface area contributed by atoms with E-state index in [4.69, 9.17) is 0 Å². The SMILES string of the molecule is CNC1(CC(=O)N2CCN(C)C(=O)C2(C)C)CCCCC1. The highest BCUT2D eigenvalue weighted by atomic mass is 16.2. The van der Waals surface area contributed by atoms with E-state index >= 15 is 0 Å². The highest BCUT2D eigenvalue weighted by Crippen LogP contribution is 2.33. The lowest BCUT2D eigenvalue weighted by molar-refractivity contribution is -0.158. The Morgan fingerprint density at radius 1 is 1.19 bits per heavy atom. The number of piperazine rings is 1. The van der Waals surface area contributed by atoms with E-state index in [0.29, 0.717) is 19.5 Å². The van der Waals surface area contributed by atoms with Gasteiger partial charge < -0.3 is 15.1 Å². The average molecular weight is 295 g/mol. The van der Waals surface area contributed by atoms with Crippen molar-refractivity contribution in [2.45, 2.75) is 63.5 Å². The van der Waals surface area contributed by atoms with Crippen LogP contribution in [0.2, 0.25) is 0 Å². The predicted molar refractivity (Wildman–Crippen MR) is 82.9 cm³/mol. The molecule has 2 rings (SSSR count). The van der Waals surface area contributed by atoms with Crippen molar-refractivity contribution in [3.8, 4) is 0 Å². The highest BCUT2D eigenvalue weighted by Gasteiger charge is 2.44. The Labute approximate surface area is 128 Å². The van der Waals surface area contributed by atoms with Crippen LogP contribution >= 0.6 is 0 Å². The molecule has 0 spiro atoms. The maximum Gasteiger partial charge on any atom is 0.247 e.